The second kappa shape index (κ2) is 8.26. The Balaban J connectivity index is 1.69. The van der Waals surface area contributed by atoms with E-state index in [1.54, 1.807) is 0 Å². The monoisotopic (exact) mass is 266 g/mol. The van der Waals surface area contributed by atoms with Gasteiger partial charge in [0, 0.05) is 12.1 Å². The van der Waals surface area contributed by atoms with Crippen LogP contribution in [-0.2, 0) is 0 Å². The fourth-order valence-electron chi connectivity index (χ4n) is 3.92. The van der Waals surface area contributed by atoms with Gasteiger partial charge in [-0.3, -0.25) is 0 Å². The molecule has 0 bridgehead atoms. The third kappa shape index (κ3) is 4.75. The van der Waals surface area contributed by atoms with Crippen molar-refractivity contribution in [2.24, 2.45) is 5.92 Å². The lowest BCUT2D eigenvalue weighted by Crippen LogP contribution is -2.49. The first-order chi connectivity index (χ1) is 9.33. The molecule has 0 spiro atoms. The van der Waals surface area contributed by atoms with Crippen molar-refractivity contribution in [3.8, 4) is 0 Å². The second-order valence-electron chi connectivity index (χ2n) is 6.70. The summed E-state index contributed by atoms with van der Waals surface area (Å²) in [5.74, 6) is 0.951. The Morgan fingerprint density at radius 1 is 1.00 bits per heavy atom. The van der Waals surface area contributed by atoms with E-state index in [0.717, 1.165) is 18.0 Å². The molecule has 2 heteroatoms. The molecule has 1 aliphatic heterocycles. The lowest BCUT2D eigenvalue weighted by molar-refractivity contribution is 0.164. The van der Waals surface area contributed by atoms with E-state index in [1.165, 1.54) is 77.4 Å². The van der Waals surface area contributed by atoms with Crippen LogP contribution in [0.5, 0.6) is 0 Å². The Morgan fingerprint density at radius 2 is 1.74 bits per heavy atom. The van der Waals surface area contributed by atoms with Crippen LogP contribution in [0.4, 0.5) is 0 Å². The third-order valence-corrected chi connectivity index (χ3v) is 5.30. The number of hydrogen-bond acceptors (Lipinski definition) is 2. The van der Waals surface area contributed by atoms with Crippen molar-refractivity contribution in [1.29, 1.82) is 0 Å². The zero-order valence-electron chi connectivity index (χ0n) is 13.2. The molecule has 1 heterocycles. The number of nitrogens with one attached hydrogen (secondary N) is 1. The fraction of sp³-hybridized carbons (Fsp3) is 1.00. The molecule has 1 N–H and O–H groups in total. The van der Waals surface area contributed by atoms with Gasteiger partial charge in [0.1, 0.15) is 0 Å². The number of likely N-dealkylation sites (tertiary alicyclic amines) is 1. The molecule has 2 atom stereocenters. The van der Waals surface area contributed by atoms with Gasteiger partial charge >= 0.3 is 0 Å². The highest BCUT2D eigenvalue weighted by molar-refractivity contribution is 4.86. The van der Waals surface area contributed by atoms with Gasteiger partial charge < -0.3 is 10.2 Å². The van der Waals surface area contributed by atoms with E-state index in [-0.39, 0.29) is 0 Å². The molecule has 0 aromatic heterocycles. The van der Waals surface area contributed by atoms with Crippen molar-refractivity contribution in [2.75, 3.05) is 19.6 Å². The summed E-state index contributed by atoms with van der Waals surface area (Å²) >= 11 is 0. The number of unbranched alkanes of at least 4 members (excludes halogenated alkanes) is 1. The van der Waals surface area contributed by atoms with Crippen LogP contribution >= 0.6 is 0 Å². The maximum absolute atomic E-state index is 4.01. The van der Waals surface area contributed by atoms with Crippen molar-refractivity contribution in [1.82, 2.24) is 10.2 Å². The zero-order valence-corrected chi connectivity index (χ0v) is 13.2. The Morgan fingerprint density at radius 3 is 2.42 bits per heavy atom. The summed E-state index contributed by atoms with van der Waals surface area (Å²) in [7, 11) is 0. The largest absolute Gasteiger partial charge is 0.311 e. The van der Waals surface area contributed by atoms with Gasteiger partial charge in [-0.1, -0.05) is 39.5 Å². The van der Waals surface area contributed by atoms with Gasteiger partial charge in [0.2, 0.25) is 0 Å². The van der Waals surface area contributed by atoms with E-state index in [9.17, 15) is 0 Å². The van der Waals surface area contributed by atoms with Crippen LogP contribution in [0.2, 0.25) is 0 Å². The van der Waals surface area contributed by atoms with E-state index < -0.39 is 0 Å². The first kappa shape index (κ1) is 15.3. The first-order valence-corrected chi connectivity index (χ1v) is 8.81. The SMILES string of the molecule is CCCCN1CCC(NC2CCCCC2CC)CC1. The maximum Gasteiger partial charge on any atom is 0.00978 e. The molecule has 2 rings (SSSR count). The molecular weight excluding hydrogens is 232 g/mol. The topological polar surface area (TPSA) is 15.3 Å². The molecule has 2 nitrogen and oxygen atoms in total. The minimum Gasteiger partial charge on any atom is -0.311 e. The van der Waals surface area contributed by atoms with Crippen molar-refractivity contribution < 1.29 is 0 Å². The van der Waals surface area contributed by atoms with Gasteiger partial charge in [-0.05, 0) is 57.7 Å². The van der Waals surface area contributed by atoms with Crippen LogP contribution in [-0.4, -0.2) is 36.6 Å². The summed E-state index contributed by atoms with van der Waals surface area (Å²) in [6.45, 7) is 8.63. The standard InChI is InChI=1S/C17H34N2/c1-3-5-12-19-13-10-16(11-14-19)18-17-9-7-6-8-15(17)4-2/h15-18H,3-14H2,1-2H3. The van der Waals surface area contributed by atoms with Gasteiger partial charge in [0.15, 0.2) is 0 Å². The molecule has 2 aliphatic rings. The maximum atomic E-state index is 4.01. The fourth-order valence-corrected chi connectivity index (χ4v) is 3.92. The Hall–Kier alpha value is -0.0800. The van der Waals surface area contributed by atoms with Crippen LogP contribution in [0, 0.1) is 5.92 Å². The lowest BCUT2D eigenvalue weighted by Gasteiger charge is -2.38. The van der Waals surface area contributed by atoms with Crippen LogP contribution in [0.3, 0.4) is 0 Å². The van der Waals surface area contributed by atoms with Gasteiger partial charge in [0.05, 0.1) is 0 Å². The third-order valence-electron chi connectivity index (χ3n) is 5.30. The molecule has 0 amide bonds. The molecule has 1 saturated carbocycles. The molecule has 2 fully saturated rings. The Labute approximate surface area is 120 Å². The van der Waals surface area contributed by atoms with E-state index in [2.05, 4.69) is 24.1 Å². The number of nitrogens with zero attached hydrogens (tertiary/aromatic N) is 1. The van der Waals surface area contributed by atoms with Crippen molar-refractivity contribution in [3.05, 3.63) is 0 Å². The summed E-state index contributed by atoms with van der Waals surface area (Å²) in [4.78, 5) is 2.67. The van der Waals surface area contributed by atoms with Gasteiger partial charge in [-0.25, -0.2) is 0 Å². The molecule has 0 radical (unpaired) electrons. The second-order valence-corrected chi connectivity index (χ2v) is 6.70. The van der Waals surface area contributed by atoms with Crippen LogP contribution in [0.1, 0.15) is 71.6 Å². The predicted octanol–water partition coefficient (Wildman–Crippen LogP) is 3.81. The molecule has 0 aromatic rings. The highest BCUT2D eigenvalue weighted by Crippen LogP contribution is 2.28. The first-order valence-electron chi connectivity index (χ1n) is 8.81. The quantitative estimate of drug-likeness (QED) is 0.786. The minimum absolute atomic E-state index is 0.801. The van der Waals surface area contributed by atoms with Crippen LogP contribution in [0.15, 0.2) is 0 Å². The normalized spacial score (nSPS) is 30.6. The molecule has 1 aliphatic carbocycles. The van der Waals surface area contributed by atoms with Gasteiger partial charge in [-0.15, -0.1) is 0 Å². The number of rotatable bonds is 6. The van der Waals surface area contributed by atoms with Crippen LogP contribution in [0.25, 0.3) is 0 Å². The average Bonchev–Trinajstić information content (AvgIpc) is 2.47. The van der Waals surface area contributed by atoms with Crippen molar-refractivity contribution in [2.45, 2.75) is 83.7 Å². The molecule has 1 saturated heterocycles. The Kier molecular flexibility index (Phi) is 6.66. The van der Waals surface area contributed by atoms with Crippen molar-refractivity contribution in [3.63, 3.8) is 0 Å². The predicted molar refractivity (Wildman–Crippen MR) is 83.5 cm³/mol. The lowest BCUT2D eigenvalue weighted by atomic mass is 9.82. The van der Waals surface area contributed by atoms with E-state index in [0.29, 0.717) is 0 Å². The average molecular weight is 266 g/mol. The van der Waals surface area contributed by atoms with Crippen LogP contribution < -0.4 is 5.32 Å². The number of piperidine rings is 1. The molecule has 2 unspecified atom stereocenters. The van der Waals surface area contributed by atoms with Gasteiger partial charge in [-0.2, -0.15) is 0 Å². The Bertz CT molecular complexity index is 233. The molecule has 112 valence electrons. The number of hydrogen-bond donors (Lipinski definition) is 1. The van der Waals surface area contributed by atoms with E-state index in [1.807, 2.05) is 0 Å². The summed E-state index contributed by atoms with van der Waals surface area (Å²) < 4.78 is 0. The summed E-state index contributed by atoms with van der Waals surface area (Å²) in [5.41, 5.74) is 0. The van der Waals surface area contributed by atoms with Crippen molar-refractivity contribution >= 4 is 0 Å². The smallest absolute Gasteiger partial charge is 0.00978 e. The summed E-state index contributed by atoms with van der Waals surface area (Å²) in [5, 5.41) is 4.01. The zero-order chi connectivity index (χ0) is 13.5. The highest BCUT2D eigenvalue weighted by atomic mass is 15.1. The minimum atomic E-state index is 0.801. The molecule has 0 aromatic carbocycles. The molecule has 19 heavy (non-hydrogen) atoms. The summed E-state index contributed by atoms with van der Waals surface area (Å²) in [6, 6.07) is 1.63. The van der Waals surface area contributed by atoms with Gasteiger partial charge in [0.25, 0.3) is 0 Å². The van der Waals surface area contributed by atoms with E-state index >= 15 is 0 Å². The van der Waals surface area contributed by atoms with E-state index in [4.69, 9.17) is 0 Å². The molecular formula is C17H34N2. The summed E-state index contributed by atoms with van der Waals surface area (Å²) in [6.07, 6.45) is 12.6. The highest BCUT2D eigenvalue weighted by Gasteiger charge is 2.27.